The van der Waals surface area contributed by atoms with E-state index in [9.17, 15) is 0 Å². The van der Waals surface area contributed by atoms with Crippen LogP contribution in [0.5, 0.6) is 0 Å². The Morgan fingerprint density at radius 2 is 0.852 bits per heavy atom. The van der Waals surface area contributed by atoms with Crippen molar-refractivity contribution in [2.24, 2.45) is 4.99 Å². The zero-order valence-electron chi connectivity index (χ0n) is 32.8. The summed E-state index contributed by atoms with van der Waals surface area (Å²) in [6, 6.07) is 61.6. The van der Waals surface area contributed by atoms with Crippen LogP contribution in [-0.2, 0) is 0 Å². The Kier molecular flexibility index (Phi) is 7.39. The van der Waals surface area contributed by atoms with Crippen molar-refractivity contribution in [3.63, 3.8) is 0 Å². The molecule has 1 atom stereocenters. The molecule has 6 nitrogen and oxygen atoms in total. The van der Waals surface area contributed by atoms with Gasteiger partial charge in [0.2, 0.25) is 0 Å². The van der Waals surface area contributed by atoms with Crippen LogP contribution in [0.1, 0.15) is 35.7 Å². The van der Waals surface area contributed by atoms with Crippen LogP contribution in [0.25, 0.3) is 99.0 Å². The van der Waals surface area contributed by atoms with Crippen molar-refractivity contribution in [3.8, 4) is 22.8 Å². The van der Waals surface area contributed by atoms with Gasteiger partial charge in [-0.05, 0) is 98.8 Å². The molecule has 1 aliphatic heterocycles. The van der Waals surface area contributed by atoms with E-state index in [0.29, 0.717) is 23.9 Å². The maximum Gasteiger partial charge on any atom is 0.178 e. The summed E-state index contributed by atoms with van der Waals surface area (Å²) in [7, 11) is 0. The normalized spacial score (nSPS) is 14.4. The summed E-state index contributed by atoms with van der Waals surface area (Å²) in [5.41, 5.74) is 9.30. The lowest BCUT2D eigenvalue weighted by Crippen LogP contribution is -2.11. The van der Waals surface area contributed by atoms with Gasteiger partial charge in [-0.25, -0.2) is 19.9 Å². The molecule has 1 aliphatic rings. The molecule has 0 fully saturated rings. The van der Waals surface area contributed by atoms with Crippen molar-refractivity contribution in [2.75, 3.05) is 0 Å². The summed E-state index contributed by atoms with van der Waals surface area (Å²) < 4.78 is 12.7. The topological polar surface area (TPSA) is 77.3 Å². The first-order valence-electron chi connectivity index (χ1n) is 20.8. The van der Waals surface area contributed by atoms with Crippen molar-refractivity contribution in [3.05, 3.63) is 193 Å². The molecule has 3 aromatic heterocycles. The number of para-hydroxylation sites is 3. The Labute approximate surface area is 349 Å². The highest BCUT2D eigenvalue weighted by Crippen LogP contribution is 2.42. The van der Waals surface area contributed by atoms with Gasteiger partial charge in [-0.2, -0.15) is 0 Å². The van der Waals surface area contributed by atoms with Gasteiger partial charge in [0, 0.05) is 38.6 Å². The van der Waals surface area contributed by atoms with Crippen LogP contribution in [0, 0.1) is 0 Å². The SMILES string of the molecule is c1ccc2c(c1)N=C(c1nc(-c3ccc4c(c3)oc3ccccc34)nc(-c3ccc4c5ccccc5c5ccccc5c4c3)n1)CCC2c1ccc2c(c1)oc1ccccc12. The number of nitrogens with zero attached hydrogens (tertiary/aromatic N) is 4. The van der Waals surface area contributed by atoms with Gasteiger partial charge in [0.15, 0.2) is 17.5 Å². The van der Waals surface area contributed by atoms with E-state index in [-0.39, 0.29) is 5.92 Å². The predicted molar refractivity (Wildman–Crippen MR) is 248 cm³/mol. The first-order chi connectivity index (χ1) is 30.2. The van der Waals surface area contributed by atoms with Gasteiger partial charge in [0.1, 0.15) is 22.3 Å². The Morgan fingerprint density at radius 1 is 0.377 bits per heavy atom. The van der Waals surface area contributed by atoms with Crippen molar-refractivity contribution in [1.82, 2.24) is 15.0 Å². The Balaban J connectivity index is 0.976. The molecular weight excluding hydrogens is 749 g/mol. The van der Waals surface area contributed by atoms with Crippen LogP contribution >= 0.6 is 0 Å². The minimum absolute atomic E-state index is 0.0925. The van der Waals surface area contributed by atoms with Crippen LogP contribution in [0.2, 0.25) is 0 Å². The summed E-state index contributed by atoms with van der Waals surface area (Å²) >= 11 is 0. The second kappa shape index (κ2) is 13.3. The average Bonchev–Trinajstić information content (AvgIpc) is 3.82. The summed E-state index contributed by atoms with van der Waals surface area (Å²) in [5, 5.41) is 11.6. The lowest BCUT2D eigenvalue weighted by atomic mass is 9.86. The van der Waals surface area contributed by atoms with Crippen molar-refractivity contribution >= 4 is 87.6 Å². The molecule has 4 heterocycles. The van der Waals surface area contributed by atoms with Gasteiger partial charge in [-0.1, -0.05) is 133 Å². The van der Waals surface area contributed by atoms with Gasteiger partial charge in [0.25, 0.3) is 0 Å². The van der Waals surface area contributed by atoms with E-state index >= 15 is 0 Å². The fourth-order valence-electron chi connectivity index (χ4n) is 9.66. The Hall–Kier alpha value is -7.96. The van der Waals surface area contributed by atoms with Crippen LogP contribution in [-0.4, -0.2) is 20.7 Å². The maximum absolute atomic E-state index is 6.36. The second-order valence-corrected chi connectivity index (χ2v) is 16.0. The molecule has 0 saturated heterocycles. The molecule has 0 spiro atoms. The smallest absolute Gasteiger partial charge is 0.178 e. The van der Waals surface area contributed by atoms with Crippen molar-refractivity contribution < 1.29 is 8.83 Å². The van der Waals surface area contributed by atoms with E-state index in [1.165, 1.54) is 38.1 Å². The third kappa shape index (κ3) is 5.42. The fraction of sp³-hybridized carbons (Fsp3) is 0.0545. The highest BCUT2D eigenvalue weighted by molar-refractivity contribution is 6.25. The van der Waals surface area contributed by atoms with Gasteiger partial charge in [-0.15, -0.1) is 0 Å². The first-order valence-corrected chi connectivity index (χ1v) is 20.8. The lowest BCUT2D eigenvalue weighted by molar-refractivity contribution is 0.666. The number of fused-ring (bicyclic) bond motifs is 13. The number of rotatable bonds is 4. The molecule has 6 heteroatoms. The van der Waals surface area contributed by atoms with E-state index in [1.54, 1.807) is 0 Å². The average molecular weight is 783 g/mol. The van der Waals surface area contributed by atoms with Crippen LogP contribution in [0.15, 0.2) is 190 Å². The molecule has 9 aromatic carbocycles. The first kappa shape index (κ1) is 34.0. The number of hydrogen-bond donors (Lipinski definition) is 0. The molecule has 0 amide bonds. The number of benzene rings is 9. The van der Waals surface area contributed by atoms with E-state index in [2.05, 4.69) is 140 Å². The summed E-state index contributed by atoms with van der Waals surface area (Å²) in [6.45, 7) is 0. The molecule has 13 rings (SSSR count). The van der Waals surface area contributed by atoms with Crippen molar-refractivity contribution in [1.29, 1.82) is 0 Å². The number of furan rings is 2. The highest BCUT2D eigenvalue weighted by Gasteiger charge is 2.26. The molecule has 0 saturated carbocycles. The minimum Gasteiger partial charge on any atom is -0.456 e. The standard InChI is InChI=1S/C55H34N4O2/c1-2-13-38-36(11-1)37-12-3-4-14-39(37)46-29-33(22-24-40(38)46)53-57-54(34-23-26-45-43-17-7-10-20-50(43)61-52(45)31-34)59-55(58-53)48-28-27-35(41-15-5-8-18-47(41)56-48)32-21-25-44-42-16-6-9-19-49(42)60-51(44)30-32/h1-26,29-31,35H,27-28H2. The van der Waals surface area contributed by atoms with Gasteiger partial charge in [-0.3, -0.25) is 0 Å². The van der Waals surface area contributed by atoms with Crippen LogP contribution in [0.4, 0.5) is 5.69 Å². The van der Waals surface area contributed by atoms with Gasteiger partial charge < -0.3 is 8.83 Å². The Morgan fingerprint density at radius 3 is 1.52 bits per heavy atom. The third-order valence-electron chi connectivity index (χ3n) is 12.6. The molecule has 1 unspecified atom stereocenters. The predicted octanol–water partition coefficient (Wildman–Crippen LogP) is 14.5. The van der Waals surface area contributed by atoms with Gasteiger partial charge in [0.05, 0.1) is 11.4 Å². The molecule has 61 heavy (non-hydrogen) atoms. The molecular formula is C55H34N4O2. The van der Waals surface area contributed by atoms with E-state index in [1.807, 2.05) is 36.4 Å². The molecule has 286 valence electrons. The quantitative estimate of drug-likeness (QED) is 0.166. The number of aliphatic imine (C=N–C) groups is 1. The van der Waals surface area contributed by atoms with Crippen LogP contribution in [0.3, 0.4) is 0 Å². The van der Waals surface area contributed by atoms with Crippen LogP contribution < -0.4 is 0 Å². The lowest BCUT2D eigenvalue weighted by Gasteiger charge is -2.17. The maximum atomic E-state index is 6.36. The fourth-order valence-corrected chi connectivity index (χ4v) is 9.66. The third-order valence-corrected chi connectivity index (χ3v) is 12.6. The number of aromatic nitrogens is 3. The molecule has 0 bridgehead atoms. The van der Waals surface area contributed by atoms with E-state index in [0.717, 1.165) is 78.2 Å². The molecule has 0 aliphatic carbocycles. The Bertz CT molecular complexity index is 3770. The van der Waals surface area contributed by atoms with Gasteiger partial charge >= 0.3 is 0 Å². The second-order valence-electron chi connectivity index (χ2n) is 16.0. The molecule has 0 N–H and O–H groups in total. The zero-order chi connectivity index (χ0) is 40.0. The number of hydrogen-bond acceptors (Lipinski definition) is 6. The minimum atomic E-state index is 0.0925. The molecule has 12 aromatic rings. The summed E-state index contributed by atoms with van der Waals surface area (Å²) in [6.07, 6.45) is 1.48. The van der Waals surface area contributed by atoms with Crippen molar-refractivity contribution in [2.45, 2.75) is 18.8 Å². The van der Waals surface area contributed by atoms with E-state index < -0.39 is 0 Å². The highest BCUT2D eigenvalue weighted by atomic mass is 16.3. The summed E-state index contributed by atoms with van der Waals surface area (Å²) in [4.78, 5) is 21.1. The zero-order valence-corrected chi connectivity index (χ0v) is 32.8. The van der Waals surface area contributed by atoms with E-state index in [4.69, 9.17) is 28.8 Å². The molecule has 0 radical (unpaired) electrons. The summed E-state index contributed by atoms with van der Waals surface area (Å²) in [5.74, 6) is 1.82. The monoisotopic (exact) mass is 782 g/mol. The largest absolute Gasteiger partial charge is 0.456 e.